The molecule has 4 heteroatoms. The van der Waals surface area contributed by atoms with Crippen molar-refractivity contribution in [2.24, 2.45) is 0 Å². The molecule has 1 aromatic carbocycles. The van der Waals surface area contributed by atoms with Crippen molar-refractivity contribution in [2.75, 3.05) is 18.0 Å². The summed E-state index contributed by atoms with van der Waals surface area (Å²) in [5.41, 5.74) is 3.42. The number of benzene rings is 1. The number of hydrogen-bond acceptors (Lipinski definition) is 3. The Hall–Kier alpha value is -1.97. The Morgan fingerprint density at radius 1 is 1.20 bits per heavy atom. The van der Waals surface area contributed by atoms with E-state index in [1.165, 1.54) is 6.07 Å². The lowest BCUT2D eigenvalue weighted by atomic mass is 10.0. The number of carbonyl (C=O) groups excluding carboxylic acids is 1. The Kier molecular flexibility index (Phi) is 3.16. The number of Topliss-reactive ketones (excluding diaryl/α,β-unsaturated/α-hetero) is 1. The molecule has 3 rings (SSSR count). The van der Waals surface area contributed by atoms with Crippen molar-refractivity contribution in [3.8, 4) is 0 Å². The molecule has 104 valence electrons. The van der Waals surface area contributed by atoms with E-state index in [0.717, 1.165) is 16.9 Å². The zero-order valence-corrected chi connectivity index (χ0v) is 11.7. The van der Waals surface area contributed by atoms with Gasteiger partial charge in [-0.25, -0.2) is 4.39 Å². The Labute approximate surface area is 117 Å². The zero-order chi connectivity index (χ0) is 14.3. The Bertz CT molecular complexity index is 686. The summed E-state index contributed by atoms with van der Waals surface area (Å²) in [7, 11) is 0. The number of anilines is 1. The van der Waals surface area contributed by atoms with E-state index in [1.54, 1.807) is 6.07 Å². The third kappa shape index (κ3) is 2.15. The van der Waals surface area contributed by atoms with Gasteiger partial charge in [-0.15, -0.1) is 0 Å². The van der Waals surface area contributed by atoms with Gasteiger partial charge in [-0.1, -0.05) is 0 Å². The summed E-state index contributed by atoms with van der Waals surface area (Å²) in [5, 5.41) is 0.588. The van der Waals surface area contributed by atoms with Crippen LogP contribution in [0.5, 0.6) is 0 Å². The number of rotatable bonds is 1. The van der Waals surface area contributed by atoms with E-state index >= 15 is 0 Å². The second-order valence-corrected chi connectivity index (χ2v) is 5.40. The third-order valence-corrected chi connectivity index (χ3v) is 3.88. The Morgan fingerprint density at radius 3 is 2.60 bits per heavy atom. The van der Waals surface area contributed by atoms with Crippen molar-refractivity contribution in [1.29, 1.82) is 0 Å². The summed E-state index contributed by atoms with van der Waals surface area (Å²) < 4.78 is 14.1. The monoisotopic (exact) mass is 272 g/mol. The molecule has 1 aliphatic heterocycles. The lowest BCUT2D eigenvalue weighted by Crippen LogP contribution is -2.34. The summed E-state index contributed by atoms with van der Waals surface area (Å²) >= 11 is 0. The predicted molar refractivity (Wildman–Crippen MR) is 77.6 cm³/mol. The van der Waals surface area contributed by atoms with Crippen molar-refractivity contribution < 1.29 is 9.18 Å². The topological polar surface area (TPSA) is 33.2 Å². The van der Waals surface area contributed by atoms with Crippen LogP contribution in [0.4, 0.5) is 10.1 Å². The fourth-order valence-electron chi connectivity index (χ4n) is 2.89. The molecular weight excluding hydrogens is 255 g/mol. The number of hydrogen-bond donors (Lipinski definition) is 0. The number of piperidine rings is 1. The van der Waals surface area contributed by atoms with Crippen molar-refractivity contribution in [1.82, 2.24) is 4.98 Å². The number of pyridine rings is 1. The first-order valence-electron chi connectivity index (χ1n) is 6.89. The van der Waals surface area contributed by atoms with Gasteiger partial charge in [0.15, 0.2) is 0 Å². The molecule has 0 N–H and O–H groups in total. The molecule has 0 spiro atoms. The molecule has 0 radical (unpaired) electrons. The molecule has 0 unspecified atom stereocenters. The minimum absolute atomic E-state index is 0.234. The standard InChI is InChI=1S/C16H17FN2O/c1-10-9-11(2)18-16-14(4-3-13(17)15(10)16)19-7-5-12(20)6-8-19/h3-4,9H,5-8H2,1-2H3. The molecule has 0 bridgehead atoms. The van der Waals surface area contributed by atoms with Crippen molar-refractivity contribution in [3.63, 3.8) is 0 Å². The molecule has 0 aliphatic carbocycles. The van der Waals surface area contributed by atoms with Crippen LogP contribution in [0.2, 0.25) is 0 Å². The highest BCUT2D eigenvalue weighted by atomic mass is 19.1. The van der Waals surface area contributed by atoms with Crippen LogP contribution in [0.1, 0.15) is 24.1 Å². The van der Waals surface area contributed by atoms with Crippen LogP contribution >= 0.6 is 0 Å². The lowest BCUT2D eigenvalue weighted by molar-refractivity contribution is -0.119. The molecule has 3 nitrogen and oxygen atoms in total. The molecule has 0 amide bonds. The number of fused-ring (bicyclic) bond motifs is 1. The first-order chi connectivity index (χ1) is 9.56. The molecule has 1 aliphatic rings. The molecule has 2 heterocycles. The molecule has 1 aromatic heterocycles. The number of ketones is 1. The molecule has 1 saturated heterocycles. The van der Waals surface area contributed by atoms with Crippen LogP contribution < -0.4 is 4.90 Å². The van der Waals surface area contributed by atoms with E-state index in [1.807, 2.05) is 19.9 Å². The average Bonchev–Trinajstić information content (AvgIpc) is 2.39. The SMILES string of the molecule is Cc1cc(C)c2c(F)ccc(N3CCC(=O)CC3)c2n1. The van der Waals surface area contributed by atoms with E-state index in [-0.39, 0.29) is 5.82 Å². The molecule has 1 fully saturated rings. The van der Waals surface area contributed by atoms with Gasteiger partial charge < -0.3 is 4.90 Å². The van der Waals surface area contributed by atoms with Gasteiger partial charge in [-0.2, -0.15) is 0 Å². The predicted octanol–water partition coefficient (Wildman–Crippen LogP) is 3.16. The van der Waals surface area contributed by atoms with E-state index in [2.05, 4.69) is 9.88 Å². The molecule has 2 aromatic rings. The van der Waals surface area contributed by atoms with Crippen LogP contribution in [-0.2, 0) is 4.79 Å². The number of carbonyl (C=O) groups is 1. The number of aromatic nitrogens is 1. The van der Waals surface area contributed by atoms with Crippen LogP contribution in [0.3, 0.4) is 0 Å². The van der Waals surface area contributed by atoms with Crippen molar-refractivity contribution >= 4 is 22.4 Å². The van der Waals surface area contributed by atoms with E-state index in [4.69, 9.17) is 0 Å². The Morgan fingerprint density at radius 2 is 1.90 bits per heavy atom. The minimum Gasteiger partial charge on any atom is -0.369 e. The summed E-state index contributed by atoms with van der Waals surface area (Å²) in [6.07, 6.45) is 1.12. The van der Waals surface area contributed by atoms with Gasteiger partial charge >= 0.3 is 0 Å². The molecule has 20 heavy (non-hydrogen) atoms. The van der Waals surface area contributed by atoms with Gasteiger partial charge in [0.25, 0.3) is 0 Å². The van der Waals surface area contributed by atoms with Crippen molar-refractivity contribution in [2.45, 2.75) is 26.7 Å². The maximum atomic E-state index is 14.1. The summed E-state index contributed by atoms with van der Waals surface area (Å²) in [4.78, 5) is 18.0. The van der Waals surface area contributed by atoms with Crippen LogP contribution in [0.25, 0.3) is 10.9 Å². The minimum atomic E-state index is -0.234. The van der Waals surface area contributed by atoms with E-state index in [9.17, 15) is 9.18 Å². The lowest BCUT2D eigenvalue weighted by Gasteiger charge is -2.29. The molecular formula is C16H17FN2O. The van der Waals surface area contributed by atoms with Gasteiger partial charge in [0.05, 0.1) is 11.2 Å². The summed E-state index contributed by atoms with van der Waals surface area (Å²) in [5.74, 6) is 0.0647. The second-order valence-electron chi connectivity index (χ2n) is 5.40. The smallest absolute Gasteiger partial charge is 0.136 e. The van der Waals surface area contributed by atoms with Crippen LogP contribution in [-0.4, -0.2) is 23.9 Å². The first-order valence-corrected chi connectivity index (χ1v) is 6.89. The van der Waals surface area contributed by atoms with Gasteiger partial charge in [0.2, 0.25) is 0 Å². The number of nitrogens with zero attached hydrogens (tertiary/aromatic N) is 2. The molecule has 0 atom stereocenters. The van der Waals surface area contributed by atoms with Crippen LogP contribution in [0.15, 0.2) is 18.2 Å². The highest BCUT2D eigenvalue weighted by molar-refractivity contribution is 5.94. The largest absolute Gasteiger partial charge is 0.369 e. The highest BCUT2D eigenvalue weighted by Crippen LogP contribution is 2.31. The van der Waals surface area contributed by atoms with Crippen molar-refractivity contribution in [3.05, 3.63) is 35.3 Å². The summed E-state index contributed by atoms with van der Waals surface area (Å²) in [6, 6.07) is 5.17. The average molecular weight is 272 g/mol. The fourth-order valence-corrected chi connectivity index (χ4v) is 2.89. The maximum Gasteiger partial charge on any atom is 0.136 e. The Balaban J connectivity index is 2.16. The van der Waals surface area contributed by atoms with Crippen LogP contribution in [0, 0.1) is 19.7 Å². The summed E-state index contributed by atoms with van der Waals surface area (Å²) in [6.45, 7) is 5.20. The number of aryl methyl sites for hydroxylation is 2. The highest BCUT2D eigenvalue weighted by Gasteiger charge is 2.20. The third-order valence-electron chi connectivity index (χ3n) is 3.88. The van der Waals surface area contributed by atoms with Gasteiger partial charge in [-0.05, 0) is 37.6 Å². The van der Waals surface area contributed by atoms with Gasteiger partial charge in [-0.3, -0.25) is 9.78 Å². The number of halogens is 1. The van der Waals surface area contributed by atoms with E-state index < -0.39 is 0 Å². The zero-order valence-electron chi connectivity index (χ0n) is 11.7. The second kappa shape index (κ2) is 4.85. The molecule has 0 saturated carbocycles. The van der Waals surface area contributed by atoms with Gasteiger partial charge in [0, 0.05) is 37.0 Å². The fraction of sp³-hybridized carbons (Fsp3) is 0.375. The quantitative estimate of drug-likeness (QED) is 0.799. The van der Waals surface area contributed by atoms with Gasteiger partial charge in [0.1, 0.15) is 11.6 Å². The normalized spacial score (nSPS) is 15.9. The maximum absolute atomic E-state index is 14.1. The van der Waals surface area contributed by atoms with E-state index in [0.29, 0.717) is 42.6 Å². The first kappa shape index (κ1) is 13.0.